The highest BCUT2D eigenvalue weighted by Gasteiger charge is 2.35. The molecule has 0 saturated carbocycles. The predicted molar refractivity (Wildman–Crippen MR) is 110 cm³/mol. The van der Waals surface area contributed by atoms with Gasteiger partial charge in [0.1, 0.15) is 11.0 Å². The molecule has 0 spiro atoms. The molecule has 166 valence electrons. The Morgan fingerprint density at radius 1 is 1.13 bits per heavy atom. The van der Waals surface area contributed by atoms with E-state index >= 15 is 0 Å². The van der Waals surface area contributed by atoms with Crippen LogP contribution < -0.4 is 14.9 Å². The molecule has 3 rings (SSSR count). The Morgan fingerprint density at radius 2 is 1.83 bits per heavy atom. The number of nitrogens with one attached hydrogen (secondary N) is 2. The second kappa shape index (κ2) is 9.03. The minimum absolute atomic E-state index is 0.0310. The normalized spacial score (nSPS) is 20.6. The number of sulfonamides is 1. The Labute approximate surface area is 174 Å². The summed E-state index contributed by atoms with van der Waals surface area (Å²) in [6.07, 6.45) is -0.948. The van der Waals surface area contributed by atoms with Crippen LogP contribution >= 0.6 is 0 Å². The fourth-order valence-corrected chi connectivity index (χ4v) is 4.42. The number of halogens is 3. The Morgan fingerprint density at radius 3 is 2.50 bits per heavy atom. The zero-order chi connectivity index (χ0) is 21.9. The summed E-state index contributed by atoms with van der Waals surface area (Å²) in [6.45, 7) is 5.69. The van der Waals surface area contributed by atoms with E-state index in [9.17, 15) is 21.6 Å². The molecular weight excluding hydrogens is 419 g/mol. The van der Waals surface area contributed by atoms with E-state index in [1.165, 1.54) is 18.5 Å². The summed E-state index contributed by atoms with van der Waals surface area (Å²) in [4.78, 5) is 10.2. The highest BCUT2D eigenvalue weighted by atomic mass is 32.2. The summed E-state index contributed by atoms with van der Waals surface area (Å²) in [5.74, 6) is 0.334. The number of anilines is 1. The third-order valence-corrected chi connectivity index (χ3v) is 6.57. The molecule has 0 radical (unpaired) electrons. The Bertz CT molecular complexity index is 984. The van der Waals surface area contributed by atoms with Crippen LogP contribution in [0.3, 0.4) is 0 Å². The lowest BCUT2D eigenvalue weighted by molar-refractivity contribution is -0.136. The summed E-state index contributed by atoms with van der Waals surface area (Å²) in [6, 6.07) is 2.60. The van der Waals surface area contributed by atoms with Crippen molar-refractivity contribution >= 4 is 26.7 Å². The van der Waals surface area contributed by atoms with E-state index in [0.717, 1.165) is 12.5 Å². The van der Waals surface area contributed by atoms with Crippen LogP contribution in [0.5, 0.6) is 0 Å². The van der Waals surface area contributed by atoms with E-state index < -0.39 is 21.8 Å². The molecule has 1 aromatic carbocycles. The highest BCUT2D eigenvalue weighted by molar-refractivity contribution is 7.89. The first-order valence-electron chi connectivity index (χ1n) is 9.87. The zero-order valence-corrected chi connectivity index (χ0v) is 17.7. The number of hydrogen-bond acceptors (Lipinski definition) is 6. The van der Waals surface area contributed by atoms with E-state index in [4.69, 9.17) is 0 Å². The molecule has 1 fully saturated rings. The summed E-state index contributed by atoms with van der Waals surface area (Å²) in [5, 5.41) is 3.35. The number of rotatable bonds is 7. The van der Waals surface area contributed by atoms with Crippen molar-refractivity contribution in [1.82, 2.24) is 20.0 Å². The molecule has 2 atom stereocenters. The van der Waals surface area contributed by atoms with Crippen LogP contribution in [0.25, 0.3) is 11.0 Å². The van der Waals surface area contributed by atoms with E-state index in [2.05, 4.69) is 26.9 Å². The first-order chi connectivity index (χ1) is 14.1. The highest BCUT2D eigenvalue weighted by Crippen LogP contribution is 2.37. The van der Waals surface area contributed by atoms with Gasteiger partial charge in [-0.25, -0.2) is 13.1 Å². The molecule has 0 bridgehead atoms. The number of piperidine rings is 1. The molecule has 2 N–H and O–H groups in total. The summed E-state index contributed by atoms with van der Waals surface area (Å²) in [5.41, 5.74) is -0.0940. The third-order valence-electron chi connectivity index (χ3n) is 5.17. The van der Waals surface area contributed by atoms with Gasteiger partial charge in [0.2, 0.25) is 10.0 Å². The van der Waals surface area contributed by atoms with Gasteiger partial charge in [-0.3, -0.25) is 9.97 Å². The van der Waals surface area contributed by atoms with Crippen LogP contribution in [0.15, 0.2) is 24.5 Å². The predicted octanol–water partition coefficient (Wildman–Crippen LogP) is 2.39. The molecule has 30 heavy (non-hydrogen) atoms. The van der Waals surface area contributed by atoms with Gasteiger partial charge in [-0.2, -0.15) is 13.2 Å². The average Bonchev–Trinajstić information content (AvgIpc) is 2.69. The molecule has 0 unspecified atom stereocenters. The molecule has 2 heterocycles. The van der Waals surface area contributed by atoms with Gasteiger partial charge in [0.25, 0.3) is 0 Å². The van der Waals surface area contributed by atoms with Crippen molar-refractivity contribution in [2.24, 2.45) is 5.92 Å². The van der Waals surface area contributed by atoms with Crippen molar-refractivity contribution in [3.63, 3.8) is 0 Å². The summed E-state index contributed by atoms with van der Waals surface area (Å²) >= 11 is 0. The maximum atomic E-state index is 13.4. The molecule has 0 aliphatic carbocycles. The Balaban J connectivity index is 1.76. The van der Waals surface area contributed by atoms with Crippen molar-refractivity contribution in [3.8, 4) is 0 Å². The zero-order valence-electron chi connectivity index (χ0n) is 16.9. The molecule has 0 amide bonds. The second-order valence-electron chi connectivity index (χ2n) is 7.58. The number of alkyl halides is 3. The van der Waals surface area contributed by atoms with Gasteiger partial charge in [0.15, 0.2) is 0 Å². The van der Waals surface area contributed by atoms with Gasteiger partial charge in [-0.15, -0.1) is 0 Å². The number of fused-ring (bicyclic) bond motifs is 1. The van der Waals surface area contributed by atoms with Gasteiger partial charge >= 0.3 is 6.18 Å². The second-order valence-corrected chi connectivity index (χ2v) is 9.67. The van der Waals surface area contributed by atoms with Crippen LogP contribution in [0, 0.1) is 5.92 Å². The van der Waals surface area contributed by atoms with Crippen molar-refractivity contribution in [1.29, 1.82) is 0 Å². The van der Waals surface area contributed by atoms with Gasteiger partial charge in [-0.1, -0.05) is 6.92 Å². The van der Waals surface area contributed by atoms with Crippen LogP contribution in [0.1, 0.15) is 25.8 Å². The lowest BCUT2D eigenvalue weighted by Crippen LogP contribution is -2.50. The monoisotopic (exact) mass is 445 g/mol. The molecule has 2 aromatic rings. The van der Waals surface area contributed by atoms with E-state index in [1.807, 2.05) is 4.90 Å². The fourth-order valence-electron chi connectivity index (χ4n) is 3.81. The molecular formula is C19H26F3N5O2S. The molecule has 7 nitrogen and oxygen atoms in total. The van der Waals surface area contributed by atoms with Gasteiger partial charge in [0, 0.05) is 44.6 Å². The topological polar surface area (TPSA) is 87.2 Å². The fraction of sp³-hybridized carbons (Fsp3) is 0.579. The molecule has 1 saturated heterocycles. The van der Waals surface area contributed by atoms with Crippen LogP contribution in [-0.2, 0) is 16.2 Å². The lowest BCUT2D eigenvalue weighted by atomic mass is 9.95. The van der Waals surface area contributed by atoms with E-state index in [0.29, 0.717) is 31.2 Å². The number of benzene rings is 1. The Hall–Kier alpha value is -1.98. The average molecular weight is 446 g/mol. The Kier molecular flexibility index (Phi) is 6.83. The maximum Gasteiger partial charge on any atom is 0.418 e. The number of nitrogens with zero attached hydrogens (tertiary/aromatic N) is 3. The van der Waals surface area contributed by atoms with Gasteiger partial charge < -0.3 is 10.2 Å². The maximum absolute atomic E-state index is 13.4. The molecule has 11 heteroatoms. The minimum atomic E-state index is -4.50. The van der Waals surface area contributed by atoms with Crippen molar-refractivity contribution < 1.29 is 21.6 Å². The number of hydrogen-bond donors (Lipinski definition) is 2. The first kappa shape index (κ1) is 22.7. The summed E-state index contributed by atoms with van der Waals surface area (Å²) < 4.78 is 65.6. The van der Waals surface area contributed by atoms with E-state index in [1.54, 1.807) is 6.92 Å². The van der Waals surface area contributed by atoms with Gasteiger partial charge in [0.05, 0.1) is 17.0 Å². The molecule has 1 aromatic heterocycles. The minimum Gasteiger partial charge on any atom is -0.368 e. The van der Waals surface area contributed by atoms with Crippen LogP contribution in [0.4, 0.5) is 18.9 Å². The SMILES string of the molecule is CCS(=O)(=O)NCCN[C@@H]1C[C@H](C)CN(c2ccc(C(F)(F)F)c3nccnc23)C1. The van der Waals surface area contributed by atoms with Crippen LogP contribution in [0.2, 0.25) is 0 Å². The van der Waals surface area contributed by atoms with Crippen LogP contribution in [-0.4, -0.2) is 56.4 Å². The molecule has 1 aliphatic rings. The third kappa shape index (κ3) is 5.38. The standard InChI is InChI=1S/C19H26F3N5O2S/c1-3-30(28,29)26-9-8-23-14-10-13(2)11-27(12-14)16-5-4-15(19(20,21)22)17-18(16)25-7-6-24-17/h4-7,13-14,23,26H,3,8-12H2,1-2H3/t13-,14+/m0/s1. The van der Waals surface area contributed by atoms with Gasteiger partial charge in [-0.05, 0) is 31.4 Å². The van der Waals surface area contributed by atoms with Crippen molar-refractivity contribution in [2.75, 3.05) is 36.8 Å². The largest absolute Gasteiger partial charge is 0.418 e. The van der Waals surface area contributed by atoms with Crippen molar-refractivity contribution in [2.45, 2.75) is 32.5 Å². The van der Waals surface area contributed by atoms with Crippen molar-refractivity contribution in [3.05, 3.63) is 30.1 Å². The van der Waals surface area contributed by atoms with E-state index in [-0.39, 0.29) is 29.4 Å². The molecule has 1 aliphatic heterocycles. The summed E-state index contributed by atoms with van der Waals surface area (Å²) in [7, 11) is -3.24. The quantitative estimate of drug-likeness (QED) is 0.637. The number of aromatic nitrogens is 2. The first-order valence-corrected chi connectivity index (χ1v) is 11.5. The lowest BCUT2D eigenvalue weighted by Gasteiger charge is -2.38. The smallest absolute Gasteiger partial charge is 0.368 e.